The van der Waals surface area contributed by atoms with E-state index in [2.05, 4.69) is 32.9 Å². The third-order valence-corrected chi connectivity index (χ3v) is 1.71. The average Bonchev–Trinajstić information content (AvgIpc) is 2.31. The van der Waals surface area contributed by atoms with Crippen LogP contribution in [0, 0.1) is 18.1 Å². The Hall–Kier alpha value is 4.87. The van der Waals surface area contributed by atoms with Gasteiger partial charge in [-0.25, -0.2) is 11.1 Å². The Morgan fingerprint density at radius 2 is 0.741 bits per heavy atom. The smallest absolute Gasteiger partial charge is 0.226 e. The van der Waals surface area contributed by atoms with Crippen LogP contribution < -0.4 is 0 Å². The van der Waals surface area contributed by atoms with Crippen LogP contribution in [0.3, 0.4) is 0 Å². The molecule has 2 aromatic carbocycles. The summed E-state index contributed by atoms with van der Waals surface area (Å²) in [4.78, 5) is 0. The van der Waals surface area contributed by atoms with Gasteiger partial charge >= 0.3 is 18.6 Å². The minimum atomic E-state index is 0. The molecule has 0 aromatic heterocycles. The molecule has 0 spiro atoms. The number of rotatable bonds is 1. The van der Waals surface area contributed by atoms with Gasteiger partial charge in [0, 0.05) is 186 Å². The van der Waals surface area contributed by atoms with Crippen molar-refractivity contribution >= 4 is 0 Å². The molecule has 0 nitrogen and oxygen atoms in total. The van der Waals surface area contributed by atoms with Crippen molar-refractivity contribution in [2.75, 3.05) is 0 Å². The molecule has 2 aromatic rings. The van der Waals surface area contributed by atoms with E-state index in [4.69, 9.17) is 0 Å². The van der Waals surface area contributed by atoms with Gasteiger partial charge in [0.05, 0.1) is 0 Å². The van der Waals surface area contributed by atoms with Crippen molar-refractivity contribution in [2.24, 2.45) is 5.92 Å². The molecular formula is C16H18V11. The molecule has 0 atom stereocenters. The van der Waals surface area contributed by atoms with Crippen LogP contribution in [0.4, 0.5) is 0 Å². The van der Waals surface area contributed by atoms with Gasteiger partial charge in [-0.2, -0.15) is 48.5 Å². The minimum Gasteiger partial charge on any atom is -0.226 e. The van der Waals surface area contributed by atoms with Crippen LogP contribution in [-0.4, -0.2) is 0 Å². The van der Waals surface area contributed by atoms with Gasteiger partial charge in [-0.05, 0) is 5.92 Å². The van der Waals surface area contributed by atoms with E-state index in [1.54, 1.807) is 0 Å². The van der Waals surface area contributed by atoms with Crippen molar-refractivity contribution in [2.45, 2.75) is 20.8 Å². The molecule has 0 saturated carbocycles. The van der Waals surface area contributed by atoms with Crippen LogP contribution >= 0.6 is 0 Å². The first-order chi connectivity index (χ1) is 7.70. The zero-order valence-electron chi connectivity index (χ0n) is 15.1. The maximum atomic E-state index is 3.15. The Morgan fingerprint density at radius 1 is 0.519 bits per heavy atom. The van der Waals surface area contributed by atoms with Gasteiger partial charge in [0.1, 0.15) is 0 Å². The molecule has 0 saturated heterocycles. The van der Waals surface area contributed by atoms with Crippen molar-refractivity contribution in [3.8, 4) is 11.1 Å². The van der Waals surface area contributed by atoms with E-state index >= 15 is 0 Å². The van der Waals surface area contributed by atoms with Gasteiger partial charge in [-0.15, -0.1) is 12.1 Å². The molecular weight excluding hydrogens is 753 g/mol. The molecule has 0 fully saturated rings. The Labute approximate surface area is 297 Å². The first kappa shape index (κ1) is 69.7. The molecule has 137 valence electrons. The fourth-order valence-electron chi connectivity index (χ4n) is 1.12. The topological polar surface area (TPSA) is 0 Å². The Balaban J connectivity index is -0.0000000177. The molecule has 27 heavy (non-hydrogen) atoms. The summed E-state index contributed by atoms with van der Waals surface area (Å²) in [6.45, 7) is 6.50. The van der Waals surface area contributed by atoms with E-state index in [-0.39, 0.29) is 204 Å². The van der Waals surface area contributed by atoms with Gasteiger partial charge in [0.25, 0.3) is 0 Å². The zero-order valence-corrected chi connectivity index (χ0v) is 30.5. The molecule has 0 bridgehead atoms. The average molecular weight is 771 g/mol. The Morgan fingerprint density at radius 3 is 0.889 bits per heavy atom. The molecule has 0 aliphatic heterocycles. The van der Waals surface area contributed by atoms with Gasteiger partial charge in [-0.3, -0.25) is 0 Å². The van der Waals surface area contributed by atoms with E-state index in [0.29, 0.717) is 0 Å². The fourth-order valence-corrected chi connectivity index (χ4v) is 1.12. The predicted molar refractivity (Wildman–Crippen MR) is 70.1 cm³/mol. The SMILES string of the molecule is CC(C)C.[V+2].[V].[V].[V].[V].[V].[V].[V].[V].[V].[V].[c-]1ccccc1-c1[c-]cccc1. The zero-order chi connectivity index (χ0) is 11.8. The standard InChI is InChI=1S/C12H8.C4H10.11V/c1-3-7-11(8-4-1)12-9-5-2-6-10-12;1-4(2)3;;;;;;;;;;;/h1-7,9H;4H,1-3H3;;;;;;;;;;;/q-2;;;;;;;;;;;;+2. The van der Waals surface area contributed by atoms with Crippen LogP contribution in [0.15, 0.2) is 48.5 Å². The van der Waals surface area contributed by atoms with E-state index in [1.807, 2.05) is 48.5 Å². The normalized spacial score (nSPS) is 5.63. The number of benzene rings is 2. The second-order valence-corrected chi connectivity index (χ2v) is 4.28. The second kappa shape index (κ2) is 48.3. The number of hydrogen-bond acceptors (Lipinski definition) is 0. The minimum absolute atomic E-state index is 0. The summed E-state index contributed by atoms with van der Waals surface area (Å²) in [6, 6.07) is 22.1. The van der Waals surface area contributed by atoms with Crippen LogP contribution in [0.2, 0.25) is 0 Å². The first-order valence-corrected chi connectivity index (χ1v) is 5.64. The van der Waals surface area contributed by atoms with Crippen molar-refractivity contribution in [3.05, 3.63) is 60.7 Å². The first-order valence-electron chi connectivity index (χ1n) is 5.64. The van der Waals surface area contributed by atoms with E-state index in [9.17, 15) is 0 Å². The predicted octanol–water partition coefficient (Wildman–Crippen LogP) is 4.59. The molecule has 2 rings (SSSR count). The van der Waals surface area contributed by atoms with E-state index in [1.165, 1.54) is 0 Å². The summed E-state index contributed by atoms with van der Waals surface area (Å²) >= 11 is 0. The summed E-state index contributed by atoms with van der Waals surface area (Å²) in [5, 5.41) is 0. The van der Waals surface area contributed by atoms with Gasteiger partial charge in [0.15, 0.2) is 0 Å². The maximum Gasteiger partial charge on any atom is 2.00 e. The summed E-state index contributed by atoms with van der Waals surface area (Å²) in [5.74, 6) is 0.833. The third-order valence-electron chi connectivity index (χ3n) is 1.71. The second-order valence-electron chi connectivity index (χ2n) is 4.28. The van der Waals surface area contributed by atoms with Crippen molar-refractivity contribution in [3.63, 3.8) is 0 Å². The molecule has 11 heteroatoms. The van der Waals surface area contributed by atoms with Crippen molar-refractivity contribution < 1.29 is 204 Å². The third kappa shape index (κ3) is 41.6. The molecule has 0 amide bonds. The quantitative estimate of drug-likeness (QED) is 0.373. The molecule has 0 unspecified atom stereocenters. The Bertz CT molecular complexity index is 359. The van der Waals surface area contributed by atoms with Crippen LogP contribution in [0.5, 0.6) is 0 Å². The summed E-state index contributed by atoms with van der Waals surface area (Å²) in [5.41, 5.74) is 2.19. The van der Waals surface area contributed by atoms with Gasteiger partial charge in [0.2, 0.25) is 0 Å². The van der Waals surface area contributed by atoms with Gasteiger partial charge in [-0.1, -0.05) is 20.8 Å². The van der Waals surface area contributed by atoms with Gasteiger partial charge < -0.3 is 0 Å². The molecule has 0 aliphatic rings. The van der Waals surface area contributed by atoms with Crippen LogP contribution in [-0.2, 0) is 204 Å². The monoisotopic (exact) mass is 771 g/mol. The molecule has 11 radical (unpaired) electrons. The van der Waals surface area contributed by atoms with Crippen LogP contribution in [0.1, 0.15) is 20.8 Å². The summed E-state index contributed by atoms with van der Waals surface area (Å²) in [6.07, 6.45) is 0. The summed E-state index contributed by atoms with van der Waals surface area (Å²) in [7, 11) is 0. The number of hydrogen-bond donors (Lipinski definition) is 0. The van der Waals surface area contributed by atoms with E-state index in [0.717, 1.165) is 17.0 Å². The molecule has 0 aliphatic carbocycles. The van der Waals surface area contributed by atoms with E-state index < -0.39 is 0 Å². The largest absolute Gasteiger partial charge is 2.00 e. The summed E-state index contributed by atoms with van der Waals surface area (Å²) < 4.78 is 0. The maximum absolute atomic E-state index is 3.15. The Kier molecular flexibility index (Phi) is 125. The molecule has 0 N–H and O–H groups in total. The van der Waals surface area contributed by atoms with Crippen molar-refractivity contribution in [1.82, 2.24) is 0 Å². The molecule has 0 heterocycles. The fraction of sp³-hybridized carbons (Fsp3) is 0.250. The van der Waals surface area contributed by atoms with Crippen LogP contribution in [0.25, 0.3) is 11.1 Å². The van der Waals surface area contributed by atoms with Crippen molar-refractivity contribution in [1.29, 1.82) is 0 Å².